The second-order valence-electron chi connectivity index (χ2n) is 2.11. The van der Waals surface area contributed by atoms with E-state index in [1.54, 1.807) is 12.1 Å². The van der Waals surface area contributed by atoms with Crippen LogP contribution in [0.2, 0.25) is 0 Å². The molecule has 0 aromatic carbocycles. The number of nitrogens with two attached hydrogens (primary N) is 1. The van der Waals surface area contributed by atoms with Gasteiger partial charge in [0.1, 0.15) is 17.2 Å². The molecule has 0 fully saturated rings. The Labute approximate surface area is 82.6 Å². The summed E-state index contributed by atoms with van der Waals surface area (Å²) in [5.41, 5.74) is 5.39. The molecule has 0 saturated heterocycles. The second-order valence-corrected chi connectivity index (χ2v) is 4.15. The molecule has 7 heteroatoms. The van der Waals surface area contributed by atoms with Crippen molar-refractivity contribution in [3.05, 3.63) is 18.5 Å². The van der Waals surface area contributed by atoms with Crippen molar-refractivity contribution < 1.29 is 0 Å². The van der Waals surface area contributed by atoms with Gasteiger partial charge in [0.05, 0.1) is 0 Å². The predicted octanol–water partition coefficient (Wildman–Crippen LogP) is 1.06. The number of nitrogen functional groups attached to an aromatic ring is 1. The fraction of sp³-hybridized carbons (Fsp3) is 0. The fourth-order valence-corrected chi connectivity index (χ4v) is 1.99. The van der Waals surface area contributed by atoms with Gasteiger partial charge in [0.2, 0.25) is 0 Å². The van der Waals surface area contributed by atoms with Crippen molar-refractivity contribution >= 4 is 29.1 Å². The fourth-order valence-electron chi connectivity index (χ4n) is 0.682. The highest BCUT2D eigenvalue weighted by Crippen LogP contribution is 2.25. The van der Waals surface area contributed by atoms with E-state index in [0.29, 0.717) is 5.82 Å². The van der Waals surface area contributed by atoms with Gasteiger partial charge in [-0.1, -0.05) is 0 Å². The van der Waals surface area contributed by atoms with Crippen LogP contribution in [-0.2, 0) is 0 Å². The molecule has 0 aliphatic carbocycles. The van der Waals surface area contributed by atoms with Gasteiger partial charge in [-0.25, -0.2) is 4.98 Å². The standard InChI is InChI=1S/C6H5N5S2/c7-4-1-2-5(11-10-4)12-6-8-3-9-13-6/h1-3H,(H2,7,10). The molecule has 0 atom stereocenters. The molecule has 0 aliphatic rings. The normalized spacial score (nSPS) is 10.2. The lowest BCUT2D eigenvalue weighted by Gasteiger charge is -1.94. The molecule has 0 amide bonds. The van der Waals surface area contributed by atoms with Crippen molar-refractivity contribution in [3.8, 4) is 0 Å². The average Bonchev–Trinajstić information content (AvgIpc) is 2.62. The maximum Gasteiger partial charge on any atom is 0.176 e. The van der Waals surface area contributed by atoms with E-state index in [-0.39, 0.29) is 0 Å². The SMILES string of the molecule is Nc1ccc(Sc2ncns2)nn1. The van der Waals surface area contributed by atoms with Crippen LogP contribution in [0.15, 0.2) is 27.8 Å². The minimum Gasteiger partial charge on any atom is -0.382 e. The number of rotatable bonds is 2. The molecule has 0 unspecified atom stereocenters. The molecular formula is C6H5N5S2. The van der Waals surface area contributed by atoms with E-state index in [1.807, 2.05) is 0 Å². The minimum absolute atomic E-state index is 0.418. The summed E-state index contributed by atoms with van der Waals surface area (Å²) in [6, 6.07) is 3.50. The number of aromatic nitrogens is 4. The zero-order valence-electron chi connectivity index (χ0n) is 6.41. The average molecular weight is 211 g/mol. The lowest BCUT2D eigenvalue weighted by Crippen LogP contribution is -1.92. The van der Waals surface area contributed by atoms with E-state index in [1.165, 1.54) is 29.6 Å². The Morgan fingerprint density at radius 2 is 2.23 bits per heavy atom. The highest BCUT2D eigenvalue weighted by molar-refractivity contribution is 8.00. The van der Waals surface area contributed by atoms with Gasteiger partial charge in [-0.05, 0) is 35.4 Å². The summed E-state index contributed by atoms with van der Waals surface area (Å²) in [6.45, 7) is 0. The summed E-state index contributed by atoms with van der Waals surface area (Å²) in [4.78, 5) is 4.01. The van der Waals surface area contributed by atoms with Crippen LogP contribution < -0.4 is 5.73 Å². The molecule has 13 heavy (non-hydrogen) atoms. The Hall–Kier alpha value is -1.21. The monoisotopic (exact) mass is 211 g/mol. The maximum absolute atomic E-state index is 5.39. The predicted molar refractivity (Wildman–Crippen MR) is 50.5 cm³/mol. The van der Waals surface area contributed by atoms with Crippen LogP contribution in [0.4, 0.5) is 5.82 Å². The summed E-state index contributed by atoms with van der Waals surface area (Å²) in [5.74, 6) is 0.418. The molecule has 0 bridgehead atoms. The zero-order valence-corrected chi connectivity index (χ0v) is 8.05. The van der Waals surface area contributed by atoms with Crippen molar-refractivity contribution in [2.75, 3.05) is 5.73 Å². The van der Waals surface area contributed by atoms with Gasteiger partial charge in [-0.3, -0.25) is 0 Å². The summed E-state index contributed by atoms with van der Waals surface area (Å²) in [5, 5.41) is 8.37. The molecule has 66 valence electrons. The van der Waals surface area contributed by atoms with Gasteiger partial charge in [0.15, 0.2) is 4.34 Å². The molecular weight excluding hydrogens is 206 g/mol. The van der Waals surface area contributed by atoms with Crippen molar-refractivity contribution in [1.82, 2.24) is 19.6 Å². The van der Waals surface area contributed by atoms with E-state index in [4.69, 9.17) is 5.73 Å². The number of hydrogen-bond donors (Lipinski definition) is 1. The van der Waals surface area contributed by atoms with E-state index in [9.17, 15) is 0 Å². The molecule has 2 heterocycles. The second kappa shape index (κ2) is 3.67. The van der Waals surface area contributed by atoms with E-state index < -0.39 is 0 Å². The molecule has 2 aromatic heterocycles. The Bertz CT molecular complexity index is 370. The zero-order chi connectivity index (χ0) is 9.10. The summed E-state index contributed by atoms with van der Waals surface area (Å²) in [6.07, 6.45) is 1.51. The quantitative estimate of drug-likeness (QED) is 0.800. The third-order valence-electron chi connectivity index (χ3n) is 1.19. The van der Waals surface area contributed by atoms with Crippen LogP contribution >= 0.6 is 23.3 Å². The molecule has 2 N–H and O–H groups in total. The van der Waals surface area contributed by atoms with Crippen molar-refractivity contribution in [2.45, 2.75) is 9.37 Å². The third kappa shape index (κ3) is 2.13. The van der Waals surface area contributed by atoms with Crippen molar-refractivity contribution in [3.63, 3.8) is 0 Å². The topological polar surface area (TPSA) is 77.6 Å². The van der Waals surface area contributed by atoms with Crippen molar-refractivity contribution in [1.29, 1.82) is 0 Å². The van der Waals surface area contributed by atoms with Gasteiger partial charge in [0.25, 0.3) is 0 Å². The van der Waals surface area contributed by atoms with Crippen LogP contribution in [0.5, 0.6) is 0 Å². The first-order valence-corrected chi connectivity index (χ1v) is 4.97. The summed E-state index contributed by atoms with van der Waals surface area (Å²) < 4.78 is 4.72. The number of nitrogens with zero attached hydrogens (tertiary/aromatic N) is 4. The highest BCUT2D eigenvalue weighted by Gasteiger charge is 2.01. The van der Waals surface area contributed by atoms with Crippen molar-refractivity contribution in [2.24, 2.45) is 0 Å². The largest absolute Gasteiger partial charge is 0.382 e. The van der Waals surface area contributed by atoms with Crippen LogP contribution in [0.25, 0.3) is 0 Å². The van der Waals surface area contributed by atoms with Crippen LogP contribution in [0.3, 0.4) is 0 Å². The molecule has 2 rings (SSSR count). The van der Waals surface area contributed by atoms with Gasteiger partial charge < -0.3 is 5.73 Å². The first-order chi connectivity index (χ1) is 6.34. The molecule has 2 aromatic rings. The highest BCUT2D eigenvalue weighted by atomic mass is 32.2. The minimum atomic E-state index is 0.418. The molecule has 0 aliphatic heterocycles. The van der Waals surface area contributed by atoms with Crippen LogP contribution in [-0.4, -0.2) is 19.6 Å². The third-order valence-corrected chi connectivity index (χ3v) is 2.84. The smallest absolute Gasteiger partial charge is 0.176 e. The Kier molecular flexibility index (Phi) is 2.37. The lowest BCUT2D eigenvalue weighted by atomic mass is 10.5. The molecule has 5 nitrogen and oxygen atoms in total. The van der Waals surface area contributed by atoms with Gasteiger partial charge in [-0.15, -0.1) is 10.2 Å². The molecule has 0 spiro atoms. The Morgan fingerprint density at radius 3 is 2.85 bits per heavy atom. The number of anilines is 1. The first-order valence-electron chi connectivity index (χ1n) is 3.38. The Morgan fingerprint density at radius 1 is 1.31 bits per heavy atom. The van der Waals surface area contributed by atoms with Crippen LogP contribution in [0.1, 0.15) is 0 Å². The molecule has 0 saturated carbocycles. The van der Waals surface area contributed by atoms with E-state index in [0.717, 1.165) is 9.37 Å². The van der Waals surface area contributed by atoms with Gasteiger partial charge in [-0.2, -0.15) is 4.37 Å². The summed E-state index contributed by atoms with van der Waals surface area (Å²) in [7, 11) is 0. The van der Waals surface area contributed by atoms with Crippen LogP contribution in [0, 0.1) is 0 Å². The Balaban J connectivity index is 2.15. The van der Waals surface area contributed by atoms with E-state index >= 15 is 0 Å². The van der Waals surface area contributed by atoms with Gasteiger partial charge >= 0.3 is 0 Å². The first kappa shape index (κ1) is 8.39. The van der Waals surface area contributed by atoms with Gasteiger partial charge in [0, 0.05) is 0 Å². The maximum atomic E-state index is 5.39. The summed E-state index contributed by atoms with van der Waals surface area (Å²) >= 11 is 2.74. The molecule has 0 radical (unpaired) electrons. The number of hydrogen-bond acceptors (Lipinski definition) is 7. The van der Waals surface area contributed by atoms with E-state index in [2.05, 4.69) is 19.6 Å². The lowest BCUT2D eigenvalue weighted by molar-refractivity contribution is 0.938.